The number of aliphatic hydroxyl groups is 1. The molecule has 51 heavy (non-hydrogen) atoms. The van der Waals surface area contributed by atoms with Gasteiger partial charge in [-0.05, 0) is 50.7 Å². The summed E-state index contributed by atoms with van der Waals surface area (Å²) in [6.45, 7) is 3.31. The van der Waals surface area contributed by atoms with E-state index in [1.54, 1.807) is 0 Å². The lowest BCUT2D eigenvalue weighted by Crippen LogP contribution is -2.47. The normalized spacial score (nSPS) is 12.8. The van der Waals surface area contributed by atoms with E-state index >= 15 is 0 Å². The predicted octanol–water partition coefficient (Wildman–Crippen LogP) is 9.43. The highest BCUT2D eigenvalue weighted by Gasteiger charge is 2.18. The van der Waals surface area contributed by atoms with Gasteiger partial charge in [-0.25, -0.2) is 4.79 Å². The summed E-state index contributed by atoms with van der Waals surface area (Å²) in [7, 11) is 0. The number of carboxylic acids is 1. The molecule has 0 saturated carbocycles. The van der Waals surface area contributed by atoms with Gasteiger partial charge in [0, 0.05) is 12.8 Å². The second-order valence-corrected chi connectivity index (χ2v) is 13.7. The number of carbonyl (C=O) groups excluding carboxylic acids is 3. The number of ether oxygens (including phenoxy) is 1. The van der Waals surface area contributed by atoms with Gasteiger partial charge in [-0.3, -0.25) is 14.4 Å². The van der Waals surface area contributed by atoms with Gasteiger partial charge in [0.15, 0.2) is 0 Å². The fraction of sp³-hybridized carbons (Fsp3) is 0.762. The number of carboxylic acid groups (broad SMARTS) is 1. The SMILES string of the molecule is CC/C=C\C/C=C\C(/C=C\CCCCCC(=O)NCC(=O)NC(CO)C(=O)O)OC(=O)CCCCCCCCCCCCCCCCCCCC. The minimum absolute atomic E-state index is 0.163. The van der Waals surface area contributed by atoms with Gasteiger partial charge in [-0.2, -0.15) is 0 Å². The molecule has 0 fully saturated rings. The predicted molar refractivity (Wildman–Crippen MR) is 208 cm³/mol. The van der Waals surface area contributed by atoms with Crippen LogP contribution in [0.2, 0.25) is 0 Å². The Morgan fingerprint density at radius 2 is 1.12 bits per heavy atom. The number of hydrogen-bond donors (Lipinski definition) is 4. The first kappa shape index (κ1) is 48.1. The third-order valence-corrected chi connectivity index (χ3v) is 8.86. The van der Waals surface area contributed by atoms with E-state index in [0.717, 1.165) is 44.9 Å². The molecule has 4 N–H and O–H groups in total. The van der Waals surface area contributed by atoms with Crippen molar-refractivity contribution in [3.63, 3.8) is 0 Å². The maximum absolute atomic E-state index is 12.6. The molecule has 9 heteroatoms. The maximum Gasteiger partial charge on any atom is 0.328 e. The van der Waals surface area contributed by atoms with Crippen molar-refractivity contribution in [1.29, 1.82) is 0 Å². The van der Waals surface area contributed by atoms with Crippen LogP contribution in [0.1, 0.15) is 181 Å². The van der Waals surface area contributed by atoms with Crippen LogP contribution in [0.15, 0.2) is 36.5 Å². The molecule has 0 bridgehead atoms. The van der Waals surface area contributed by atoms with Crippen molar-refractivity contribution in [2.24, 2.45) is 0 Å². The molecule has 0 aromatic carbocycles. The third kappa shape index (κ3) is 33.9. The molecule has 294 valence electrons. The number of esters is 1. The summed E-state index contributed by atoms with van der Waals surface area (Å²) in [5.74, 6) is -2.46. The van der Waals surface area contributed by atoms with E-state index in [1.165, 1.54) is 103 Å². The minimum Gasteiger partial charge on any atom is -0.480 e. The first-order chi connectivity index (χ1) is 24.8. The number of aliphatic carboxylic acids is 1. The van der Waals surface area contributed by atoms with Crippen LogP contribution < -0.4 is 10.6 Å². The number of nitrogens with one attached hydrogen (secondary N) is 2. The Bertz CT molecular complexity index is 963. The zero-order valence-corrected chi connectivity index (χ0v) is 32.4. The zero-order chi connectivity index (χ0) is 37.6. The van der Waals surface area contributed by atoms with Gasteiger partial charge in [0.1, 0.15) is 12.1 Å². The van der Waals surface area contributed by atoms with Crippen molar-refractivity contribution >= 4 is 23.8 Å². The lowest BCUT2D eigenvalue weighted by molar-refractivity contribution is -0.145. The van der Waals surface area contributed by atoms with Crippen LogP contribution in [0.25, 0.3) is 0 Å². The number of unbranched alkanes of at least 4 members (excludes halogenated alkanes) is 20. The van der Waals surface area contributed by atoms with Crippen molar-refractivity contribution in [2.45, 2.75) is 193 Å². The summed E-state index contributed by atoms with van der Waals surface area (Å²) in [5, 5.41) is 22.4. The van der Waals surface area contributed by atoms with Crippen molar-refractivity contribution < 1.29 is 34.1 Å². The van der Waals surface area contributed by atoms with Gasteiger partial charge in [-0.15, -0.1) is 0 Å². The van der Waals surface area contributed by atoms with Gasteiger partial charge >= 0.3 is 11.9 Å². The molecular weight excluding hydrogens is 644 g/mol. The van der Waals surface area contributed by atoms with Crippen molar-refractivity contribution in [3.05, 3.63) is 36.5 Å². The van der Waals surface area contributed by atoms with Crippen LogP contribution in [0, 0.1) is 0 Å². The van der Waals surface area contributed by atoms with Crippen LogP contribution >= 0.6 is 0 Å². The first-order valence-electron chi connectivity index (χ1n) is 20.4. The number of carbonyl (C=O) groups is 4. The summed E-state index contributed by atoms with van der Waals surface area (Å²) in [5.41, 5.74) is 0. The topological polar surface area (TPSA) is 142 Å². The fourth-order valence-electron chi connectivity index (χ4n) is 5.73. The standard InChI is InChI=1S/C42H74N2O7/c1-3-5-7-9-10-11-12-13-14-15-16-17-18-19-20-21-26-30-34-41(48)51-37(31-27-23-8-6-4-2)32-28-24-22-25-29-33-39(46)43-35-40(47)44-38(36-45)42(49)50/h6,8,27-28,31-32,37-38,45H,3-5,7,9-26,29-30,33-36H2,1-2H3,(H,43,46)(H,44,47)(H,49,50)/b8-6-,31-27-,32-28-. The second kappa shape index (κ2) is 36.8. The monoisotopic (exact) mass is 719 g/mol. The highest BCUT2D eigenvalue weighted by molar-refractivity contribution is 5.87. The highest BCUT2D eigenvalue weighted by Crippen LogP contribution is 2.15. The Kier molecular flexibility index (Phi) is 34.7. The average Bonchev–Trinajstić information content (AvgIpc) is 3.11. The van der Waals surface area contributed by atoms with Gasteiger partial charge < -0.3 is 25.6 Å². The Hall–Kier alpha value is -2.94. The number of allylic oxidation sites excluding steroid dienone is 4. The van der Waals surface area contributed by atoms with E-state index in [-0.39, 0.29) is 24.8 Å². The smallest absolute Gasteiger partial charge is 0.328 e. The van der Waals surface area contributed by atoms with Gasteiger partial charge in [-0.1, -0.05) is 154 Å². The largest absolute Gasteiger partial charge is 0.480 e. The molecule has 0 aromatic rings. The van der Waals surface area contributed by atoms with Crippen molar-refractivity contribution in [3.8, 4) is 0 Å². The van der Waals surface area contributed by atoms with E-state index in [1.807, 2.05) is 24.3 Å². The number of amides is 2. The maximum atomic E-state index is 12.6. The molecule has 2 amide bonds. The van der Waals surface area contributed by atoms with Gasteiger partial charge in [0.05, 0.1) is 13.2 Å². The Morgan fingerprint density at radius 1 is 0.608 bits per heavy atom. The molecule has 0 heterocycles. The second-order valence-electron chi connectivity index (χ2n) is 13.7. The Labute approximate surface area is 310 Å². The molecule has 0 radical (unpaired) electrons. The van der Waals surface area contributed by atoms with Gasteiger partial charge in [0.2, 0.25) is 11.8 Å². The van der Waals surface area contributed by atoms with Crippen LogP contribution in [0.3, 0.4) is 0 Å². The van der Waals surface area contributed by atoms with E-state index in [0.29, 0.717) is 12.8 Å². The molecule has 2 atom stereocenters. The lowest BCUT2D eigenvalue weighted by Gasteiger charge is -2.12. The third-order valence-electron chi connectivity index (χ3n) is 8.86. The molecular formula is C42H74N2O7. The van der Waals surface area contributed by atoms with Crippen LogP contribution in [-0.4, -0.2) is 59.3 Å². The van der Waals surface area contributed by atoms with E-state index in [9.17, 15) is 19.2 Å². The molecule has 0 aliphatic heterocycles. The molecule has 0 aromatic heterocycles. The number of aliphatic hydroxyl groups excluding tert-OH is 1. The first-order valence-corrected chi connectivity index (χ1v) is 20.4. The van der Waals surface area contributed by atoms with Crippen molar-refractivity contribution in [2.75, 3.05) is 13.2 Å². The number of hydrogen-bond acceptors (Lipinski definition) is 6. The Morgan fingerprint density at radius 3 is 1.65 bits per heavy atom. The average molecular weight is 719 g/mol. The molecule has 0 spiro atoms. The summed E-state index contributed by atoms with van der Waals surface area (Å²) < 4.78 is 5.77. The van der Waals surface area contributed by atoms with E-state index < -0.39 is 30.6 Å². The molecule has 9 nitrogen and oxygen atoms in total. The lowest BCUT2D eigenvalue weighted by atomic mass is 10.0. The quantitative estimate of drug-likeness (QED) is 0.0287. The van der Waals surface area contributed by atoms with Crippen LogP contribution in [-0.2, 0) is 23.9 Å². The molecule has 0 rings (SSSR count). The van der Waals surface area contributed by atoms with Crippen LogP contribution in [0.4, 0.5) is 0 Å². The van der Waals surface area contributed by atoms with Gasteiger partial charge in [0.25, 0.3) is 0 Å². The fourth-order valence-corrected chi connectivity index (χ4v) is 5.73. The minimum atomic E-state index is -1.39. The summed E-state index contributed by atoms with van der Waals surface area (Å²) >= 11 is 0. The molecule has 0 saturated heterocycles. The van der Waals surface area contributed by atoms with E-state index in [2.05, 4.69) is 36.6 Å². The zero-order valence-electron chi connectivity index (χ0n) is 32.4. The number of rotatable bonds is 36. The highest BCUT2D eigenvalue weighted by atomic mass is 16.5. The summed E-state index contributed by atoms with van der Waals surface area (Å²) in [4.78, 5) is 47.2. The van der Waals surface area contributed by atoms with E-state index in [4.69, 9.17) is 14.9 Å². The molecule has 0 aliphatic carbocycles. The summed E-state index contributed by atoms with van der Waals surface area (Å²) in [6, 6.07) is -1.39. The van der Waals surface area contributed by atoms with Crippen LogP contribution in [0.5, 0.6) is 0 Å². The molecule has 0 aliphatic rings. The van der Waals surface area contributed by atoms with Crippen molar-refractivity contribution in [1.82, 2.24) is 10.6 Å². The molecule has 2 unspecified atom stereocenters. The summed E-state index contributed by atoms with van der Waals surface area (Å²) in [6.07, 6.45) is 41.0. The Balaban J connectivity index is 4.10.